The van der Waals surface area contributed by atoms with Crippen molar-refractivity contribution >= 4 is 11.7 Å². The molecular formula is C23H34N5O+3. The molecule has 6 heteroatoms. The SMILES string of the molecule is Cc1ccccc1C[NH+]1CCN(C(=O)C[NH+]2CCN(c3cccc[nH+]3)CC2)CC1. The van der Waals surface area contributed by atoms with E-state index in [4.69, 9.17) is 0 Å². The lowest BCUT2D eigenvalue weighted by atomic mass is 10.1. The van der Waals surface area contributed by atoms with Gasteiger partial charge in [-0.1, -0.05) is 30.3 Å². The van der Waals surface area contributed by atoms with Crippen molar-refractivity contribution in [2.45, 2.75) is 13.5 Å². The van der Waals surface area contributed by atoms with Gasteiger partial charge in [-0.15, -0.1) is 0 Å². The van der Waals surface area contributed by atoms with E-state index in [1.54, 1.807) is 4.90 Å². The maximum absolute atomic E-state index is 12.8. The molecule has 29 heavy (non-hydrogen) atoms. The van der Waals surface area contributed by atoms with E-state index in [9.17, 15) is 4.79 Å². The van der Waals surface area contributed by atoms with Crippen LogP contribution in [-0.2, 0) is 11.3 Å². The lowest BCUT2D eigenvalue weighted by Gasteiger charge is -2.34. The van der Waals surface area contributed by atoms with Gasteiger partial charge in [-0.3, -0.25) is 9.69 Å². The van der Waals surface area contributed by atoms with Gasteiger partial charge in [-0.05, 0) is 18.6 Å². The minimum Gasteiger partial charge on any atom is -0.328 e. The van der Waals surface area contributed by atoms with Crippen LogP contribution in [-0.4, -0.2) is 69.7 Å². The Morgan fingerprint density at radius 1 is 0.931 bits per heavy atom. The second-order valence-electron chi connectivity index (χ2n) is 8.40. The molecule has 0 spiro atoms. The van der Waals surface area contributed by atoms with E-state index in [1.165, 1.54) is 21.8 Å². The summed E-state index contributed by atoms with van der Waals surface area (Å²) in [6.07, 6.45) is 1.97. The normalized spacial score (nSPS) is 18.8. The molecule has 3 heterocycles. The predicted molar refractivity (Wildman–Crippen MR) is 113 cm³/mol. The Morgan fingerprint density at radius 2 is 1.62 bits per heavy atom. The highest BCUT2D eigenvalue weighted by Gasteiger charge is 2.30. The first-order chi connectivity index (χ1) is 14.2. The number of carbonyl (C=O) groups excluding carboxylic acids is 1. The first kappa shape index (κ1) is 19.9. The van der Waals surface area contributed by atoms with Gasteiger partial charge >= 0.3 is 0 Å². The zero-order valence-electron chi connectivity index (χ0n) is 17.5. The van der Waals surface area contributed by atoms with Crippen molar-refractivity contribution in [3.63, 3.8) is 0 Å². The minimum absolute atomic E-state index is 0.328. The Bertz CT molecular complexity index is 796. The van der Waals surface area contributed by atoms with Crippen LogP contribution in [0, 0.1) is 6.92 Å². The average Bonchev–Trinajstić information content (AvgIpc) is 2.77. The van der Waals surface area contributed by atoms with Crippen molar-refractivity contribution in [3.8, 4) is 0 Å². The number of aromatic amines is 1. The Morgan fingerprint density at radius 3 is 2.31 bits per heavy atom. The number of amides is 1. The van der Waals surface area contributed by atoms with E-state index in [1.807, 2.05) is 12.3 Å². The molecule has 0 unspecified atom stereocenters. The Hall–Kier alpha value is -2.44. The maximum atomic E-state index is 12.8. The molecular weight excluding hydrogens is 362 g/mol. The van der Waals surface area contributed by atoms with Gasteiger partial charge in [-0.25, -0.2) is 4.98 Å². The van der Waals surface area contributed by atoms with Crippen LogP contribution in [0.1, 0.15) is 11.1 Å². The third-order valence-corrected chi connectivity index (χ3v) is 6.43. The van der Waals surface area contributed by atoms with Gasteiger partial charge in [0.15, 0.2) is 6.54 Å². The van der Waals surface area contributed by atoms with Crippen molar-refractivity contribution in [1.82, 2.24) is 4.90 Å². The second kappa shape index (κ2) is 9.37. The molecule has 2 saturated heterocycles. The predicted octanol–water partition coefficient (Wildman–Crippen LogP) is -1.56. The van der Waals surface area contributed by atoms with Crippen molar-refractivity contribution < 1.29 is 19.6 Å². The van der Waals surface area contributed by atoms with Crippen molar-refractivity contribution in [2.24, 2.45) is 0 Å². The fourth-order valence-electron chi connectivity index (χ4n) is 4.47. The summed E-state index contributed by atoms with van der Waals surface area (Å²) in [6, 6.07) is 14.8. The molecule has 0 atom stereocenters. The van der Waals surface area contributed by atoms with Crippen LogP contribution in [0.2, 0.25) is 0 Å². The van der Waals surface area contributed by atoms with Gasteiger partial charge in [0, 0.05) is 11.6 Å². The molecule has 2 fully saturated rings. The van der Waals surface area contributed by atoms with Crippen LogP contribution >= 0.6 is 0 Å². The molecule has 154 valence electrons. The second-order valence-corrected chi connectivity index (χ2v) is 8.40. The molecule has 4 rings (SSSR count). The first-order valence-electron chi connectivity index (χ1n) is 10.9. The summed E-state index contributed by atoms with van der Waals surface area (Å²) in [5, 5.41) is 0. The smallest absolute Gasteiger partial charge is 0.278 e. The molecule has 0 bridgehead atoms. The number of rotatable bonds is 5. The van der Waals surface area contributed by atoms with Crippen LogP contribution in [0.3, 0.4) is 0 Å². The molecule has 3 N–H and O–H groups in total. The number of benzene rings is 1. The largest absolute Gasteiger partial charge is 0.328 e. The molecule has 1 amide bonds. The van der Waals surface area contributed by atoms with Crippen LogP contribution in [0.25, 0.3) is 0 Å². The highest BCUT2D eigenvalue weighted by molar-refractivity contribution is 5.77. The summed E-state index contributed by atoms with van der Waals surface area (Å²) in [4.78, 5) is 23.6. The molecule has 0 saturated carbocycles. The number of carbonyl (C=O) groups is 1. The topological polar surface area (TPSA) is 46.6 Å². The fourth-order valence-corrected chi connectivity index (χ4v) is 4.47. The lowest BCUT2D eigenvalue weighted by molar-refractivity contribution is -0.918. The molecule has 1 aromatic heterocycles. The number of nitrogens with one attached hydrogen (secondary N) is 3. The van der Waals surface area contributed by atoms with E-state index >= 15 is 0 Å². The van der Waals surface area contributed by atoms with E-state index in [-0.39, 0.29) is 0 Å². The van der Waals surface area contributed by atoms with Crippen LogP contribution in [0.5, 0.6) is 0 Å². The third kappa shape index (κ3) is 5.14. The zero-order chi connectivity index (χ0) is 20.1. The van der Waals surface area contributed by atoms with Gasteiger partial charge in [0.2, 0.25) is 0 Å². The van der Waals surface area contributed by atoms with Crippen molar-refractivity contribution in [3.05, 3.63) is 59.8 Å². The maximum Gasteiger partial charge on any atom is 0.278 e. The van der Waals surface area contributed by atoms with Crippen LogP contribution in [0.15, 0.2) is 48.7 Å². The van der Waals surface area contributed by atoms with E-state index in [2.05, 4.69) is 58.1 Å². The quantitative estimate of drug-likeness (QED) is 0.642. The van der Waals surface area contributed by atoms with Gasteiger partial charge in [0.25, 0.3) is 11.7 Å². The fraction of sp³-hybridized carbons (Fsp3) is 0.478. The lowest BCUT2D eigenvalue weighted by Crippen LogP contribution is -3.16. The number of aromatic nitrogens is 1. The molecule has 2 aromatic rings. The van der Waals surface area contributed by atoms with Crippen molar-refractivity contribution in [1.29, 1.82) is 0 Å². The van der Waals surface area contributed by atoms with E-state index in [0.717, 1.165) is 58.9 Å². The Balaban J connectivity index is 1.20. The highest BCUT2D eigenvalue weighted by atomic mass is 16.2. The van der Waals surface area contributed by atoms with Crippen molar-refractivity contribution in [2.75, 3.05) is 63.8 Å². The first-order valence-corrected chi connectivity index (χ1v) is 10.9. The van der Waals surface area contributed by atoms with Gasteiger partial charge in [0.1, 0.15) is 32.7 Å². The van der Waals surface area contributed by atoms with Gasteiger partial charge in [-0.2, -0.15) is 0 Å². The number of aryl methyl sites for hydroxylation is 1. The summed E-state index contributed by atoms with van der Waals surface area (Å²) in [6.45, 7) is 11.8. The summed E-state index contributed by atoms with van der Waals surface area (Å²) >= 11 is 0. The number of piperazine rings is 2. The third-order valence-electron chi connectivity index (χ3n) is 6.43. The number of nitrogens with zero attached hydrogens (tertiary/aromatic N) is 2. The van der Waals surface area contributed by atoms with Gasteiger partial charge < -0.3 is 14.7 Å². The molecule has 0 radical (unpaired) electrons. The summed E-state index contributed by atoms with van der Waals surface area (Å²) in [7, 11) is 0. The Kier molecular flexibility index (Phi) is 6.42. The molecule has 1 aromatic carbocycles. The van der Waals surface area contributed by atoms with Crippen LogP contribution in [0.4, 0.5) is 5.82 Å². The highest BCUT2D eigenvalue weighted by Crippen LogP contribution is 2.06. The number of hydrogen-bond donors (Lipinski definition) is 2. The summed E-state index contributed by atoms with van der Waals surface area (Å²) in [5.74, 6) is 1.50. The number of anilines is 1. The molecule has 2 aliphatic heterocycles. The standard InChI is InChI=1S/C23H31N5O/c1-20-6-2-3-7-21(20)18-25-12-16-28(17-13-25)23(29)19-26-10-14-27(15-11-26)22-8-4-5-9-24-22/h2-9H,10-19H2,1H3/p+3. The Labute approximate surface area is 173 Å². The van der Waals surface area contributed by atoms with E-state index < -0.39 is 0 Å². The molecule has 6 nitrogen and oxygen atoms in total. The molecule has 2 aliphatic rings. The monoisotopic (exact) mass is 396 g/mol. The zero-order valence-corrected chi connectivity index (χ0v) is 17.5. The average molecular weight is 397 g/mol. The minimum atomic E-state index is 0.328. The van der Waals surface area contributed by atoms with Gasteiger partial charge in [0.05, 0.1) is 32.4 Å². The number of hydrogen-bond acceptors (Lipinski definition) is 2. The number of H-pyrrole nitrogens is 1. The molecule has 0 aliphatic carbocycles. The number of quaternary nitrogens is 2. The van der Waals surface area contributed by atoms with Crippen LogP contribution < -0.4 is 19.7 Å². The summed E-state index contributed by atoms with van der Waals surface area (Å²) < 4.78 is 0. The van der Waals surface area contributed by atoms with E-state index in [0.29, 0.717) is 12.5 Å². The summed E-state index contributed by atoms with van der Waals surface area (Å²) in [5.41, 5.74) is 2.80. The number of pyridine rings is 1.